The van der Waals surface area contributed by atoms with E-state index in [1.54, 1.807) is 6.07 Å². The zero-order valence-electron chi connectivity index (χ0n) is 15.4. The van der Waals surface area contributed by atoms with Crippen LogP contribution in [-0.4, -0.2) is 35.3 Å². The Morgan fingerprint density at radius 3 is 2.57 bits per heavy atom. The molecule has 5 nitrogen and oxygen atoms in total. The van der Waals surface area contributed by atoms with Crippen molar-refractivity contribution < 1.29 is 22.8 Å². The standard InChI is InChI=1S/C19H24F3N3O2.ClH/c20-19(21,22)15-5-3-4-13(8-15)10-25-11-14(9-16(25)26)17(27)24-18(12-23)6-1-2-7-18;/h3-5,8,14H,1-2,6-7,9-12,23H2,(H,24,27);1H. The van der Waals surface area contributed by atoms with Gasteiger partial charge in [-0.15, -0.1) is 12.4 Å². The molecule has 2 amide bonds. The zero-order chi connectivity index (χ0) is 19.7. The van der Waals surface area contributed by atoms with Gasteiger partial charge >= 0.3 is 6.18 Å². The van der Waals surface area contributed by atoms with E-state index in [1.807, 2.05) is 0 Å². The van der Waals surface area contributed by atoms with Crippen LogP contribution in [0.1, 0.15) is 43.2 Å². The molecule has 1 heterocycles. The molecular formula is C19H25ClF3N3O2. The predicted molar refractivity (Wildman–Crippen MR) is 101 cm³/mol. The van der Waals surface area contributed by atoms with Gasteiger partial charge in [-0.25, -0.2) is 0 Å². The number of nitrogens with two attached hydrogens (primary N) is 1. The van der Waals surface area contributed by atoms with Crippen LogP contribution in [0.5, 0.6) is 0 Å². The molecule has 1 saturated heterocycles. The number of alkyl halides is 3. The Bertz CT molecular complexity index is 721. The van der Waals surface area contributed by atoms with E-state index in [9.17, 15) is 22.8 Å². The average molecular weight is 420 g/mol. The van der Waals surface area contributed by atoms with Gasteiger partial charge in [0, 0.05) is 26.1 Å². The molecule has 1 saturated carbocycles. The number of nitrogens with zero attached hydrogens (tertiary/aromatic N) is 1. The molecule has 28 heavy (non-hydrogen) atoms. The summed E-state index contributed by atoms with van der Waals surface area (Å²) in [6.07, 6.45) is -0.643. The van der Waals surface area contributed by atoms with Gasteiger partial charge in [0.25, 0.3) is 0 Å². The van der Waals surface area contributed by atoms with Crippen LogP contribution in [0.4, 0.5) is 13.2 Å². The van der Waals surface area contributed by atoms with Crippen LogP contribution < -0.4 is 11.1 Å². The number of benzene rings is 1. The van der Waals surface area contributed by atoms with Crippen LogP contribution in [0.25, 0.3) is 0 Å². The van der Waals surface area contributed by atoms with Crippen LogP contribution in [0.3, 0.4) is 0 Å². The van der Waals surface area contributed by atoms with Gasteiger partial charge in [-0.2, -0.15) is 13.2 Å². The summed E-state index contributed by atoms with van der Waals surface area (Å²) in [5, 5.41) is 3.03. The van der Waals surface area contributed by atoms with Crippen LogP contribution >= 0.6 is 12.4 Å². The van der Waals surface area contributed by atoms with Crippen LogP contribution in [0.2, 0.25) is 0 Å². The Kier molecular flexibility index (Phi) is 6.98. The Balaban J connectivity index is 0.00000280. The summed E-state index contributed by atoms with van der Waals surface area (Å²) in [7, 11) is 0. The Morgan fingerprint density at radius 2 is 1.96 bits per heavy atom. The highest BCUT2D eigenvalue weighted by Gasteiger charge is 2.40. The summed E-state index contributed by atoms with van der Waals surface area (Å²) in [6, 6.07) is 4.92. The normalized spacial score (nSPS) is 21.5. The molecule has 1 aromatic rings. The number of nitrogens with one attached hydrogen (secondary N) is 1. The largest absolute Gasteiger partial charge is 0.416 e. The van der Waals surface area contributed by atoms with E-state index in [2.05, 4.69) is 5.32 Å². The van der Waals surface area contributed by atoms with Gasteiger partial charge in [0.05, 0.1) is 17.0 Å². The maximum atomic E-state index is 12.8. The molecule has 2 aliphatic rings. The van der Waals surface area contributed by atoms with Gasteiger partial charge in [0.15, 0.2) is 0 Å². The van der Waals surface area contributed by atoms with Crippen molar-refractivity contribution in [2.24, 2.45) is 11.7 Å². The second-order valence-electron chi connectivity index (χ2n) is 7.55. The number of likely N-dealkylation sites (tertiary alicyclic amines) is 1. The fourth-order valence-electron chi connectivity index (χ4n) is 3.96. The molecule has 2 fully saturated rings. The third kappa shape index (κ3) is 4.97. The molecule has 3 rings (SSSR count). The molecule has 1 atom stereocenters. The SMILES string of the molecule is Cl.NCC1(NC(=O)C2CC(=O)N(Cc3cccc(C(F)(F)F)c3)C2)CCCC1. The van der Waals surface area contributed by atoms with Gasteiger partial charge in [-0.1, -0.05) is 25.0 Å². The quantitative estimate of drug-likeness (QED) is 0.770. The second-order valence-corrected chi connectivity index (χ2v) is 7.55. The number of amides is 2. The van der Waals surface area contributed by atoms with E-state index in [0.29, 0.717) is 12.1 Å². The summed E-state index contributed by atoms with van der Waals surface area (Å²) < 4.78 is 38.5. The summed E-state index contributed by atoms with van der Waals surface area (Å²) in [5.41, 5.74) is 5.11. The third-order valence-corrected chi connectivity index (χ3v) is 5.55. The molecule has 1 aliphatic carbocycles. The molecule has 156 valence electrons. The highest BCUT2D eigenvalue weighted by molar-refractivity contribution is 5.89. The lowest BCUT2D eigenvalue weighted by Crippen LogP contribution is -2.53. The molecular weight excluding hydrogens is 395 g/mol. The van der Waals surface area contributed by atoms with Crippen LogP contribution in [0.15, 0.2) is 24.3 Å². The topological polar surface area (TPSA) is 75.4 Å². The van der Waals surface area contributed by atoms with E-state index in [-0.39, 0.29) is 49.3 Å². The lowest BCUT2D eigenvalue weighted by Gasteiger charge is -2.30. The molecule has 1 unspecified atom stereocenters. The zero-order valence-corrected chi connectivity index (χ0v) is 16.2. The fourth-order valence-corrected chi connectivity index (χ4v) is 3.96. The maximum Gasteiger partial charge on any atom is 0.416 e. The van der Waals surface area contributed by atoms with Crippen molar-refractivity contribution in [1.29, 1.82) is 0 Å². The first-order valence-corrected chi connectivity index (χ1v) is 9.18. The Labute approximate surface area is 168 Å². The monoisotopic (exact) mass is 419 g/mol. The predicted octanol–water partition coefficient (Wildman–Crippen LogP) is 2.86. The van der Waals surface area contributed by atoms with E-state index in [0.717, 1.165) is 37.8 Å². The second kappa shape index (κ2) is 8.69. The van der Waals surface area contributed by atoms with Crippen molar-refractivity contribution >= 4 is 24.2 Å². The lowest BCUT2D eigenvalue weighted by molar-refractivity contribution is -0.137. The fraction of sp³-hybridized carbons (Fsp3) is 0.579. The minimum Gasteiger partial charge on any atom is -0.349 e. The first-order chi connectivity index (χ1) is 12.7. The molecule has 0 bridgehead atoms. The highest BCUT2D eigenvalue weighted by Crippen LogP contribution is 2.31. The van der Waals surface area contributed by atoms with E-state index >= 15 is 0 Å². The molecule has 0 spiro atoms. The van der Waals surface area contributed by atoms with Gasteiger partial charge < -0.3 is 16.0 Å². The maximum absolute atomic E-state index is 12.8. The molecule has 1 aromatic carbocycles. The first kappa shape index (κ1) is 22.5. The summed E-state index contributed by atoms with van der Waals surface area (Å²) >= 11 is 0. The van der Waals surface area contributed by atoms with Crippen molar-refractivity contribution in [2.45, 2.75) is 50.4 Å². The van der Waals surface area contributed by atoms with Crippen molar-refractivity contribution in [3.05, 3.63) is 35.4 Å². The number of hydrogen-bond donors (Lipinski definition) is 2. The van der Waals surface area contributed by atoms with Gasteiger partial charge in [0.2, 0.25) is 11.8 Å². The summed E-state index contributed by atoms with van der Waals surface area (Å²) in [6.45, 7) is 0.642. The lowest BCUT2D eigenvalue weighted by atomic mass is 9.96. The van der Waals surface area contributed by atoms with Crippen molar-refractivity contribution in [3.63, 3.8) is 0 Å². The van der Waals surface area contributed by atoms with E-state index in [4.69, 9.17) is 5.73 Å². The average Bonchev–Trinajstić information content (AvgIpc) is 3.22. The van der Waals surface area contributed by atoms with Crippen LogP contribution in [0, 0.1) is 5.92 Å². The van der Waals surface area contributed by atoms with Gasteiger partial charge in [0.1, 0.15) is 0 Å². The smallest absolute Gasteiger partial charge is 0.349 e. The van der Waals surface area contributed by atoms with Gasteiger partial charge in [-0.3, -0.25) is 9.59 Å². The number of rotatable bonds is 5. The summed E-state index contributed by atoms with van der Waals surface area (Å²) in [5.74, 6) is -0.907. The minimum atomic E-state index is -4.43. The minimum absolute atomic E-state index is 0. The third-order valence-electron chi connectivity index (χ3n) is 5.55. The number of carbonyl (C=O) groups excluding carboxylic acids is 2. The van der Waals surface area contributed by atoms with Crippen LogP contribution in [-0.2, 0) is 22.3 Å². The molecule has 1 aliphatic heterocycles. The van der Waals surface area contributed by atoms with Crippen molar-refractivity contribution in [3.8, 4) is 0 Å². The summed E-state index contributed by atoms with van der Waals surface area (Å²) in [4.78, 5) is 26.3. The van der Waals surface area contributed by atoms with Gasteiger partial charge in [-0.05, 0) is 30.5 Å². The van der Waals surface area contributed by atoms with Crippen molar-refractivity contribution in [1.82, 2.24) is 10.2 Å². The Morgan fingerprint density at radius 1 is 1.29 bits per heavy atom. The number of halogens is 4. The van der Waals surface area contributed by atoms with Crippen molar-refractivity contribution in [2.75, 3.05) is 13.1 Å². The molecule has 9 heteroatoms. The molecule has 0 radical (unpaired) electrons. The number of carbonyl (C=O) groups is 2. The van der Waals surface area contributed by atoms with E-state index < -0.39 is 17.7 Å². The number of hydrogen-bond acceptors (Lipinski definition) is 3. The van der Waals surface area contributed by atoms with E-state index in [1.165, 1.54) is 11.0 Å². The Hall–Kier alpha value is -1.80. The first-order valence-electron chi connectivity index (χ1n) is 9.18. The molecule has 3 N–H and O–H groups in total. The highest BCUT2D eigenvalue weighted by atomic mass is 35.5. The molecule has 0 aromatic heterocycles.